The molecular formula is C20H27N5O2. The van der Waals surface area contributed by atoms with Gasteiger partial charge in [0, 0.05) is 19.6 Å². The Morgan fingerprint density at radius 1 is 1.11 bits per heavy atom. The van der Waals surface area contributed by atoms with Crippen LogP contribution < -0.4 is 15.5 Å². The molecule has 2 N–H and O–H groups in total. The molecule has 2 fully saturated rings. The normalized spacial score (nSPS) is 18.6. The average molecular weight is 369 g/mol. The summed E-state index contributed by atoms with van der Waals surface area (Å²) in [7, 11) is 0. The van der Waals surface area contributed by atoms with Gasteiger partial charge in [0.25, 0.3) is 0 Å². The zero-order valence-corrected chi connectivity index (χ0v) is 15.6. The summed E-state index contributed by atoms with van der Waals surface area (Å²) < 4.78 is 5.59. The van der Waals surface area contributed by atoms with E-state index >= 15 is 0 Å². The number of anilines is 2. The molecule has 0 aliphatic carbocycles. The highest BCUT2D eigenvalue weighted by Crippen LogP contribution is 2.25. The number of likely N-dealkylation sites (tertiary alicyclic amines) is 1. The predicted molar refractivity (Wildman–Crippen MR) is 105 cm³/mol. The Balaban J connectivity index is 1.31. The minimum atomic E-state index is -0.221. The van der Waals surface area contributed by atoms with Crippen molar-refractivity contribution in [3.8, 4) is 0 Å². The molecule has 0 saturated carbocycles. The Bertz CT molecular complexity index is 719. The van der Waals surface area contributed by atoms with Crippen molar-refractivity contribution in [1.29, 1.82) is 0 Å². The SMILES string of the molecule is O=C(NC[C@@H](c1ccco1)N1CCCC1)Nc1ccc(N2CCCC2)nc1. The van der Waals surface area contributed by atoms with E-state index in [0.29, 0.717) is 12.2 Å². The van der Waals surface area contributed by atoms with Crippen molar-refractivity contribution in [3.63, 3.8) is 0 Å². The Morgan fingerprint density at radius 2 is 1.89 bits per heavy atom. The fourth-order valence-electron chi connectivity index (χ4n) is 3.90. The summed E-state index contributed by atoms with van der Waals surface area (Å²) in [6.07, 6.45) is 8.23. The van der Waals surface area contributed by atoms with Gasteiger partial charge in [-0.25, -0.2) is 9.78 Å². The molecule has 1 atom stereocenters. The molecule has 0 spiro atoms. The maximum atomic E-state index is 12.3. The van der Waals surface area contributed by atoms with Crippen LogP contribution in [0.4, 0.5) is 16.3 Å². The van der Waals surface area contributed by atoms with Gasteiger partial charge in [-0.1, -0.05) is 0 Å². The zero-order chi connectivity index (χ0) is 18.5. The van der Waals surface area contributed by atoms with Gasteiger partial charge in [0.15, 0.2) is 0 Å². The lowest BCUT2D eigenvalue weighted by Crippen LogP contribution is -2.38. The van der Waals surface area contributed by atoms with Crippen LogP contribution in [0.25, 0.3) is 0 Å². The van der Waals surface area contributed by atoms with Crippen molar-refractivity contribution < 1.29 is 9.21 Å². The Labute approximate surface area is 159 Å². The Morgan fingerprint density at radius 3 is 2.56 bits per heavy atom. The first-order valence-corrected chi connectivity index (χ1v) is 9.83. The summed E-state index contributed by atoms with van der Waals surface area (Å²) >= 11 is 0. The van der Waals surface area contributed by atoms with Crippen LogP contribution in [0.1, 0.15) is 37.5 Å². The first-order chi connectivity index (χ1) is 13.3. The third-order valence-corrected chi connectivity index (χ3v) is 5.34. The molecule has 2 aliphatic rings. The molecule has 4 rings (SSSR count). The summed E-state index contributed by atoms with van der Waals surface area (Å²) in [5, 5.41) is 5.85. The first-order valence-electron chi connectivity index (χ1n) is 9.83. The lowest BCUT2D eigenvalue weighted by molar-refractivity contribution is 0.207. The number of hydrogen-bond donors (Lipinski definition) is 2. The number of carbonyl (C=O) groups excluding carboxylic acids is 1. The Kier molecular flexibility index (Phi) is 5.58. The van der Waals surface area contributed by atoms with E-state index in [9.17, 15) is 4.79 Å². The summed E-state index contributed by atoms with van der Waals surface area (Å²) in [5.74, 6) is 1.87. The molecule has 7 heteroatoms. The van der Waals surface area contributed by atoms with E-state index in [2.05, 4.69) is 25.4 Å². The molecule has 2 aliphatic heterocycles. The van der Waals surface area contributed by atoms with Crippen LogP contribution in [0, 0.1) is 0 Å². The molecule has 0 aromatic carbocycles. The van der Waals surface area contributed by atoms with E-state index in [1.165, 1.54) is 25.7 Å². The topological polar surface area (TPSA) is 73.6 Å². The second kappa shape index (κ2) is 8.43. The highest BCUT2D eigenvalue weighted by atomic mass is 16.3. The molecule has 2 aromatic heterocycles. The fourth-order valence-corrected chi connectivity index (χ4v) is 3.90. The van der Waals surface area contributed by atoms with Crippen LogP contribution in [0.15, 0.2) is 41.1 Å². The molecule has 2 amide bonds. The van der Waals surface area contributed by atoms with E-state index < -0.39 is 0 Å². The van der Waals surface area contributed by atoms with Crippen molar-refractivity contribution >= 4 is 17.5 Å². The number of nitrogens with one attached hydrogen (secondary N) is 2. The van der Waals surface area contributed by atoms with E-state index in [1.807, 2.05) is 24.3 Å². The van der Waals surface area contributed by atoms with Crippen molar-refractivity contribution in [2.24, 2.45) is 0 Å². The predicted octanol–water partition coefficient (Wildman–Crippen LogP) is 3.23. The molecule has 0 unspecified atom stereocenters. The van der Waals surface area contributed by atoms with Gasteiger partial charge in [-0.05, 0) is 63.0 Å². The number of hydrogen-bond acceptors (Lipinski definition) is 5. The van der Waals surface area contributed by atoms with Gasteiger partial charge in [0.05, 0.1) is 24.2 Å². The fraction of sp³-hybridized carbons (Fsp3) is 0.500. The number of rotatable bonds is 6. The number of nitrogens with zero attached hydrogens (tertiary/aromatic N) is 3. The third-order valence-electron chi connectivity index (χ3n) is 5.34. The minimum Gasteiger partial charge on any atom is -0.468 e. The molecule has 27 heavy (non-hydrogen) atoms. The number of urea groups is 1. The molecule has 0 radical (unpaired) electrons. The highest BCUT2D eigenvalue weighted by molar-refractivity contribution is 5.89. The number of aromatic nitrogens is 1. The summed E-state index contributed by atoms with van der Waals surface area (Å²) in [6.45, 7) is 4.71. The minimum absolute atomic E-state index is 0.0731. The summed E-state index contributed by atoms with van der Waals surface area (Å²) in [4.78, 5) is 21.4. The molecule has 4 heterocycles. The largest absolute Gasteiger partial charge is 0.468 e. The van der Waals surface area contributed by atoms with Crippen LogP contribution >= 0.6 is 0 Å². The smallest absolute Gasteiger partial charge is 0.319 e. The van der Waals surface area contributed by atoms with Crippen LogP contribution in [0.5, 0.6) is 0 Å². The number of furan rings is 1. The maximum Gasteiger partial charge on any atom is 0.319 e. The molecule has 2 saturated heterocycles. The van der Waals surface area contributed by atoms with Crippen LogP contribution in [0.2, 0.25) is 0 Å². The van der Waals surface area contributed by atoms with Gasteiger partial charge < -0.3 is 20.0 Å². The lowest BCUT2D eigenvalue weighted by atomic mass is 10.2. The van der Waals surface area contributed by atoms with Gasteiger partial charge >= 0.3 is 6.03 Å². The van der Waals surface area contributed by atoms with Crippen LogP contribution in [-0.2, 0) is 0 Å². The molecule has 7 nitrogen and oxygen atoms in total. The monoisotopic (exact) mass is 369 g/mol. The van der Waals surface area contributed by atoms with Crippen molar-refractivity contribution in [1.82, 2.24) is 15.2 Å². The van der Waals surface area contributed by atoms with Crippen molar-refractivity contribution in [2.75, 3.05) is 42.9 Å². The van der Waals surface area contributed by atoms with E-state index in [-0.39, 0.29) is 12.1 Å². The Hall–Kier alpha value is -2.54. The van der Waals surface area contributed by atoms with Gasteiger partial charge in [0.1, 0.15) is 11.6 Å². The quantitative estimate of drug-likeness (QED) is 0.818. The van der Waals surface area contributed by atoms with E-state index in [4.69, 9.17) is 4.42 Å². The summed E-state index contributed by atoms with van der Waals surface area (Å²) in [5.41, 5.74) is 0.700. The average Bonchev–Trinajstić information content (AvgIpc) is 3.45. The van der Waals surface area contributed by atoms with Crippen LogP contribution in [0.3, 0.4) is 0 Å². The third kappa shape index (κ3) is 4.42. The second-order valence-corrected chi connectivity index (χ2v) is 7.21. The number of carbonyl (C=O) groups is 1. The van der Waals surface area contributed by atoms with Gasteiger partial charge in [0.2, 0.25) is 0 Å². The number of amides is 2. The van der Waals surface area contributed by atoms with Gasteiger partial charge in [-0.15, -0.1) is 0 Å². The molecular weight excluding hydrogens is 342 g/mol. The molecule has 144 valence electrons. The summed E-state index contributed by atoms with van der Waals surface area (Å²) in [6, 6.07) is 7.60. The van der Waals surface area contributed by atoms with Crippen LogP contribution in [-0.4, -0.2) is 48.6 Å². The lowest BCUT2D eigenvalue weighted by Gasteiger charge is -2.26. The maximum absolute atomic E-state index is 12.3. The highest BCUT2D eigenvalue weighted by Gasteiger charge is 2.26. The van der Waals surface area contributed by atoms with E-state index in [1.54, 1.807) is 12.5 Å². The standard InChI is InChI=1S/C20H27N5O2/c26-20(23-16-7-8-19(21-14-16)25-11-3-4-12-25)22-15-17(18-6-5-13-27-18)24-9-1-2-10-24/h5-8,13-14,17H,1-4,9-12,15H2,(H2,22,23,26)/t17-/m0/s1. The van der Waals surface area contributed by atoms with Crippen molar-refractivity contribution in [3.05, 3.63) is 42.5 Å². The molecule has 0 bridgehead atoms. The van der Waals surface area contributed by atoms with Gasteiger partial charge in [-0.2, -0.15) is 0 Å². The first kappa shape index (κ1) is 17.9. The van der Waals surface area contributed by atoms with Crippen molar-refractivity contribution in [2.45, 2.75) is 31.7 Å². The second-order valence-electron chi connectivity index (χ2n) is 7.21. The van der Waals surface area contributed by atoms with Gasteiger partial charge in [-0.3, -0.25) is 4.90 Å². The van der Waals surface area contributed by atoms with E-state index in [0.717, 1.165) is 37.8 Å². The zero-order valence-electron chi connectivity index (χ0n) is 15.6. The number of pyridine rings is 1. The molecule has 2 aromatic rings.